The molecule has 0 spiro atoms. The van der Waals surface area contributed by atoms with Crippen molar-refractivity contribution in [3.05, 3.63) is 11.3 Å². The van der Waals surface area contributed by atoms with Crippen molar-refractivity contribution in [3.8, 4) is 6.07 Å². The molecule has 2 aliphatic heterocycles. The molecule has 1 fully saturated rings. The van der Waals surface area contributed by atoms with E-state index in [1.54, 1.807) is 0 Å². The molecule has 1 N–H and O–H groups in total. The molecule has 2 heterocycles. The third-order valence-corrected chi connectivity index (χ3v) is 5.16. The number of nitrogens with one attached hydrogen (secondary N) is 1. The zero-order chi connectivity index (χ0) is 20.4. The number of rotatable bonds is 5. The van der Waals surface area contributed by atoms with Crippen molar-refractivity contribution in [1.82, 2.24) is 5.32 Å². The summed E-state index contributed by atoms with van der Waals surface area (Å²) in [5, 5.41) is 13.1. The number of aliphatic imine (C=N–C) groups is 1. The summed E-state index contributed by atoms with van der Waals surface area (Å²) >= 11 is 0. The highest BCUT2D eigenvalue weighted by Gasteiger charge is 2.39. The van der Waals surface area contributed by atoms with Gasteiger partial charge in [-0.25, -0.2) is 0 Å². The van der Waals surface area contributed by atoms with Gasteiger partial charge in [0.15, 0.2) is 0 Å². The van der Waals surface area contributed by atoms with E-state index in [1.807, 2.05) is 27.7 Å². The molecule has 0 aromatic carbocycles. The Morgan fingerprint density at radius 2 is 1.67 bits per heavy atom. The Hall–Kier alpha value is -2.36. The first-order chi connectivity index (χ1) is 12.5. The minimum atomic E-state index is -0.707. The SMILES string of the molecule is CC(=O)OC(C)(C)C1CCC(/C(C#N)=C2/CCC(C(C)(C)OC(C)=O)N2)=N1. The van der Waals surface area contributed by atoms with Crippen LogP contribution in [-0.4, -0.2) is 40.9 Å². The molecule has 0 aromatic heterocycles. The van der Waals surface area contributed by atoms with Gasteiger partial charge in [0.2, 0.25) is 0 Å². The number of hydrogen-bond acceptors (Lipinski definition) is 7. The topological polar surface area (TPSA) is 101 Å². The monoisotopic (exact) mass is 375 g/mol. The molecule has 2 aliphatic rings. The molecule has 7 heteroatoms. The van der Waals surface area contributed by atoms with Crippen LogP contribution in [-0.2, 0) is 19.1 Å². The number of esters is 2. The van der Waals surface area contributed by atoms with Gasteiger partial charge in [0, 0.05) is 19.5 Å². The van der Waals surface area contributed by atoms with Crippen LogP contribution in [0.2, 0.25) is 0 Å². The average molecular weight is 375 g/mol. The highest BCUT2D eigenvalue weighted by molar-refractivity contribution is 6.05. The maximum Gasteiger partial charge on any atom is 0.303 e. The minimum absolute atomic E-state index is 0.0602. The fraction of sp³-hybridized carbons (Fsp3) is 0.700. The van der Waals surface area contributed by atoms with E-state index < -0.39 is 11.2 Å². The number of nitrogens with zero attached hydrogens (tertiary/aromatic N) is 2. The zero-order valence-electron chi connectivity index (χ0n) is 17.0. The van der Waals surface area contributed by atoms with Gasteiger partial charge >= 0.3 is 11.9 Å². The van der Waals surface area contributed by atoms with E-state index >= 15 is 0 Å². The molecular formula is C20H29N3O4. The van der Waals surface area contributed by atoms with Crippen molar-refractivity contribution in [3.63, 3.8) is 0 Å². The van der Waals surface area contributed by atoms with Gasteiger partial charge < -0.3 is 14.8 Å². The molecule has 27 heavy (non-hydrogen) atoms. The van der Waals surface area contributed by atoms with E-state index in [0.717, 1.165) is 24.3 Å². The van der Waals surface area contributed by atoms with Gasteiger partial charge in [-0.1, -0.05) is 0 Å². The van der Waals surface area contributed by atoms with Crippen LogP contribution >= 0.6 is 0 Å². The standard InChI is InChI=1S/C20H29N3O4/c1-12(24)26-19(3,4)17-9-7-15(22-17)14(11-21)16-8-10-18(23-16)20(5,6)27-13(2)25/h17-18,22H,7-10H2,1-6H3/b15-14-. The average Bonchev–Trinajstić information content (AvgIpc) is 3.15. The number of carbonyl (C=O) groups excluding carboxylic acids is 2. The van der Waals surface area contributed by atoms with E-state index in [4.69, 9.17) is 14.5 Å². The molecule has 7 nitrogen and oxygen atoms in total. The lowest BCUT2D eigenvalue weighted by Gasteiger charge is -2.31. The van der Waals surface area contributed by atoms with Crippen LogP contribution in [0.3, 0.4) is 0 Å². The van der Waals surface area contributed by atoms with Crippen LogP contribution in [0.4, 0.5) is 0 Å². The maximum atomic E-state index is 11.3. The fourth-order valence-electron chi connectivity index (χ4n) is 3.83. The van der Waals surface area contributed by atoms with Crippen molar-refractivity contribution >= 4 is 17.7 Å². The molecule has 0 aliphatic carbocycles. The first kappa shape index (κ1) is 20.9. The van der Waals surface area contributed by atoms with Crippen LogP contribution in [0.5, 0.6) is 0 Å². The number of allylic oxidation sites excluding steroid dienone is 2. The summed E-state index contributed by atoms with van der Waals surface area (Å²) in [5.74, 6) is -0.661. The molecule has 1 saturated heterocycles. The van der Waals surface area contributed by atoms with Crippen LogP contribution in [0.15, 0.2) is 16.3 Å². The van der Waals surface area contributed by atoms with Gasteiger partial charge in [-0.15, -0.1) is 0 Å². The molecule has 2 atom stereocenters. The summed E-state index contributed by atoms with van der Waals surface area (Å²) in [5.41, 5.74) is 0.772. The predicted molar refractivity (Wildman–Crippen MR) is 101 cm³/mol. The van der Waals surface area contributed by atoms with Crippen molar-refractivity contribution in [2.75, 3.05) is 0 Å². The normalized spacial score (nSPS) is 24.6. The second-order valence-corrected chi connectivity index (χ2v) is 8.23. The lowest BCUT2D eigenvalue weighted by molar-refractivity contribution is -0.156. The quantitative estimate of drug-likeness (QED) is 0.586. The smallest absolute Gasteiger partial charge is 0.303 e. The second kappa shape index (κ2) is 7.71. The van der Waals surface area contributed by atoms with E-state index in [1.165, 1.54) is 13.8 Å². The Labute approximate surface area is 160 Å². The lowest BCUT2D eigenvalue weighted by atomic mass is 9.96. The Balaban J connectivity index is 2.20. The molecule has 0 bridgehead atoms. The summed E-state index contributed by atoms with van der Waals surface area (Å²) in [6, 6.07) is 2.05. The highest BCUT2D eigenvalue weighted by Crippen LogP contribution is 2.33. The molecule has 2 unspecified atom stereocenters. The zero-order valence-corrected chi connectivity index (χ0v) is 17.0. The van der Waals surface area contributed by atoms with E-state index in [0.29, 0.717) is 18.4 Å². The van der Waals surface area contributed by atoms with E-state index in [-0.39, 0.29) is 24.0 Å². The van der Waals surface area contributed by atoms with Crippen LogP contribution in [0.1, 0.15) is 67.2 Å². The highest BCUT2D eigenvalue weighted by atomic mass is 16.6. The molecule has 148 valence electrons. The van der Waals surface area contributed by atoms with Crippen LogP contribution < -0.4 is 5.32 Å². The summed E-state index contributed by atoms with van der Waals surface area (Å²) in [4.78, 5) is 27.4. The third kappa shape index (κ3) is 4.88. The molecule has 0 saturated carbocycles. The number of ether oxygens (including phenoxy) is 2. The number of carbonyl (C=O) groups is 2. The Kier molecular flexibility index (Phi) is 5.98. The van der Waals surface area contributed by atoms with Crippen molar-refractivity contribution in [2.45, 2.75) is 90.5 Å². The van der Waals surface area contributed by atoms with Crippen LogP contribution in [0, 0.1) is 11.3 Å². The summed E-state index contributed by atoms with van der Waals surface area (Å²) in [7, 11) is 0. The molecular weight excluding hydrogens is 346 g/mol. The van der Waals surface area contributed by atoms with Gasteiger partial charge in [0.25, 0.3) is 0 Å². The Morgan fingerprint density at radius 1 is 1.07 bits per heavy atom. The lowest BCUT2D eigenvalue weighted by Crippen LogP contribution is -2.45. The minimum Gasteiger partial charge on any atom is -0.458 e. The summed E-state index contributed by atoms with van der Waals surface area (Å²) in [6.07, 6.45) is 2.88. The number of hydrogen-bond donors (Lipinski definition) is 1. The summed E-state index contributed by atoms with van der Waals surface area (Å²) < 4.78 is 10.8. The van der Waals surface area contributed by atoms with Crippen molar-refractivity contribution in [1.29, 1.82) is 5.26 Å². The molecule has 0 aromatic rings. The third-order valence-electron chi connectivity index (χ3n) is 5.16. The first-order valence-electron chi connectivity index (χ1n) is 9.32. The van der Waals surface area contributed by atoms with Crippen molar-refractivity contribution < 1.29 is 19.1 Å². The van der Waals surface area contributed by atoms with Gasteiger partial charge in [0.05, 0.1) is 23.4 Å². The van der Waals surface area contributed by atoms with Gasteiger partial charge in [0.1, 0.15) is 17.3 Å². The summed E-state index contributed by atoms with van der Waals surface area (Å²) in [6.45, 7) is 10.2. The predicted octanol–water partition coefficient (Wildman–Crippen LogP) is 2.80. The fourth-order valence-corrected chi connectivity index (χ4v) is 3.83. The van der Waals surface area contributed by atoms with Crippen molar-refractivity contribution in [2.24, 2.45) is 4.99 Å². The van der Waals surface area contributed by atoms with E-state index in [2.05, 4.69) is 11.4 Å². The molecule has 0 amide bonds. The molecule has 2 rings (SSSR count). The Morgan fingerprint density at radius 3 is 2.22 bits per heavy atom. The first-order valence-corrected chi connectivity index (χ1v) is 9.32. The Bertz CT molecular complexity index is 728. The molecule has 0 radical (unpaired) electrons. The van der Waals surface area contributed by atoms with Crippen LogP contribution in [0.25, 0.3) is 0 Å². The second-order valence-electron chi connectivity index (χ2n) is 8.23. The van der Waals surface area contributed by atoms with Gasteiger partial charge in [-0.3, -0.25) is 14.6 Å². The van der Waals surface area contributed by atoms with Gasteiger partial charge in [-0.05, 0) is 53.4 Å². The van der Waals surface area contributed by atoms with Gasteiger partial charge in [-0.2, -0.15) is 5.26 Å². The number of nitriles is 1. The maximum absolute atomic E-state index is 11.3. The van der Waals surface area contributed by atoms with E-state index in [9.17, 15) is 14.9 Å². The largest absolute Gasteiger partial charge is 0.458 e.